The summed E-state index contributed by atoms with van der Waals surface area (Å²) in [4.78, 5) is 17.1. The Balaban J connectivity index is 1.91. The van der Waals surface area contributed by atoms with Gasteiger partial charge < -0.3 is 15.1 Å². The van der Waals surface area contributed by atoms with Crippen molar-refractivity contribution in [3.63, 3.8) is 0 Å². The Kier molecular flexibility index (Phi) is 5.22. The largest absolute Gasteiger partial charge is 0.342 e. The fourth-order valence-electron chi connectivity index (χ4n) is 3.60. The molecule has 3 atom stereocenters. The maximum absolute atomic E-state index is 12.6. The summed E-state index contributed by atoms with van der Waals surface area (Å²) >= 11 is 0. The lowest BCUT2D eigenvalue weighted by Crippen LogP contribution is -2.53. The van der Waals surface area contributed by atoms with E-state index in [4.69, 9.17) is 0 Å². The molecule has 0 bridgehead atoms. The molecule has 0 aromatic rings. The number of carbonyl (C=O) groups excluding carboxylic acids is 1. The van der Waals surface area contributed by atoms with Gasteiger partial charge in [0.1, 0.15) is 0 Å². The maximum atomic E-state index is 12.6. The van der Waals surface area contributed by atoms with Crippen molar-refractivity contribution in [3.8, 4) is 0 Å². The van der Waals surface area contributed by atoms with Gasteiger partial charge in [0, 0.05) is 32.7 Å². The Morgan fingerprint density at radius 2 is 2.21 bits per heavy atom. The molecule has 0 saturated carbocycles. The van der Waals surface area contributed by atoms with E-state index in [0.717, 1.165) is 52.0 Å². The topological polar surface area (TPSA) is 35.6 Å². The monoisotopic (exact) mass is 267 g/mol. The first kappa shape index (κ1) is 14.8. The van der Waals surface area contributed by atoms with Crippen LogP contribution in [-0.2, 0) is 4.79 Å². The second-order valence-electron chi connectivity index (χ2n) is 6.22. The van der Waals surface area contributed by atoms with E-state index in [2.05, 4.69) is 29.0 Å². The van der Waals surface area contributed by atoms with E-state index in [1.54, 1.807) is 0 Å². The Morgan fingerprint density at radius 1 is 1.42 bits per heavy atom. The van der Waals surface area contributed by atoms with Gasteiger partial charge >= 0.3 is 0 Å². The zero-order chi connectivity index (χ0) is 13.8. The molecule has 4 nitrogen and oxygen atoms in total. The van der Waals surface area contributed by atoms with Crippen LogP contribution in [0.5, 0.6) is 0 Å². The van der Waals surface area contributed by atoms with E-state index in [0.29, 0.717) is 17.9 Å². The summed E-state index contributed by atoms with van der Waals surface area (Å²) in [5, 5.41) is 3.35. The van der Waals surface area contributed by atoms with Crippen molar-refractivity contribution >= 4 is 5.91 Å². The Morgan fingerprint density at radius 3 is 2.79 bits per heavy atom. The Labute approximate surface area is 117 Å². The number of carbonyl (C=O) groups is 1. The van der Waals surface area contributed by atoms with Crippen molar-refractivity contribution in [1.29, 1.82) is 0 Å². The van der Waals surface area contributed by atoms with Crippen molar-refractivity contribution in [3.05, 3.63) is 0 Å². The quantitative estimate of drug-likeness (QED) is 0.834. The van der Waals surface area contributed by atoms with Gasteiger partial charge in [0.25, 0.3) is 0 Å². The minimum absolute atomic E-state index is 0.204. The molecule has 2 aliphatic heterocycles. The molecule has 2 aliphatic rings. The van der Waals surface area contributed by atoms with Crippen molar-refractivity contribution in [1.82, 2.24) is 15.1 Å². The van der Waals surface area contributed by atoms with Crippen LogP contribution in [0.25, 0.3) is 0 Å². The third kappa shape index (κ3) is 3.48. The van der Waals surface area contributed by atoms with E-state index >= 15 is 0 Å². The molecule has 1 N–H and O–H groups in total. The predicted molar refractivity (Wildman–Crippen MR) is 78.0 cm³/mol. The number of rotatable bonds is 3. The number of piperidine rings is 2. The van der Waals surface area contributed by atoms with Crippen LogP contribution in [0.3, 0.4) is 0 Å². The van der Waals surface area contributed by atoms with Crippen LogP contribution in [0.15, 0.2) is 0 Å². The first-order chi connectivity index (χ1) is 9.13. The van der Waals surface area contributed by atoms with Crippen LogP contribution < -0.4 is 5.32 Å². The molecule has 19 heavy (non-hydrogen) atoms. The predicted octanol–water partition coefficient (Wildman–Crippen LogP) is 1.17. The number of likely N-dealkylation sites (tertiary alicyclic amines) is 1. The van der Waals surface area contributed by atoms with Gasteiger partial charge in [-0.1, -0.05) is 13.8 Å². The third-order valence-corrected chi connectivity index (χ3v) is 4.88. The zero-order valence-electron chi connectivity index (χ0n) is 12.7. The zero-order valence-corrected chi connectivity index (χ0v) is 12.7. The minimum Gasteiger partial charge on any atom is -0.342 e. The number of hydrogen-bond donors (Lipinski definition) is 1. The van der Waals surface area contributed by atoms with Crippen LogP contribution in [0.4, 0.5) is 0 Å². The van der Waals surface area contributed by atoms with Crippen molar-refractivity contribution in [2.45, 2.75) is 39.2 Å². The highest BCUT2D eigenvalue weighted by Gasteiger charge is 2.33. The number of hydrogen-bond acceptors (Lipinski definition) is 3. The molecular formula is C15H29N3O. The van der Waals surface area contributed by atoms with Gasteiger partial charge in [-0.25, -0.2) is 0 Å². The summed E-state index contributed by atoms with van der Waals surface area (Å²) in [6.45, 7) is 9.82. The summed E-state index contributed by atoms with van der Waals surface area (Å²) in [5.74, 6) is 1.14. The van der Waals surface area contributed by atoms with Crippen molar-refractivity contribution in [2.24, 2.45) is 11.8 Å². The first-order valence-corrected chi connectivity index (χ1v) is 7.83. The fraction of sp³-hybridized carbons (Fsp3) is 0.933. The second-order valence-corrected chi connectivity index (χ2v) is 6.22. The van der Waals surface area contributed by atoms with Gasteiger partial charge in [0.2, 0.25) is 5.91 Å². The van der Waals surface area contributed by atoms with E-state index in [9.17, 15) is 4.79 Å². The highest BCUT2D eigenvalue weighted by molar-refractivity contribution is 5.79. The molecule has 0 aromatic carbocycles. The molecule has 4 heteroatoms. The van der Waals surface area contributed by atoms with Gasteiger partial charge in [-0.05, 0) is 38.3 Å². The average Bonchev–Trinajstić information content (AvgIpc) is 2.46. The molecule has 0 radical (unpaired) electrons. The van der Waals surface area contributed by atoms with E-state index in [-0.39, 0.29) is 5.92 Å². The standard InChI is InChI=1S/C15H29N3O/c1-4-18-9-7-14(12(2)11-18)17(3)15(19)13-6-5-8-16-10-13/h12-14,16H,4-11H2,1-3H3. The molecular weight excluding hydrogens is 238 g/mol. The summed E-state index contributed by atoms with van der Waals surface area (Å²) in [6, 6.07) is 0.428. The third-order valence-electron chi connectivity index (χ3n) is 4.88. The van der Waals surface area contributed by atoms with Gasteiger partial charge in [-0.2, -0.15) is 0 Å². The lowest BCUT2D eigenvalue weighted by molar-refractivity contribution is -0.139. The van der Waals surface area contributed by atoms with Gasteiger partial charge in [0.05, 0.1) is 5.92 Å². The van der Waals surface area contributed by atoms with Crippen LogP contribution >= 0.6 is 0 Å². The molecule has 2 heterocycles. The van der Waals surface area contributed by atoms with Crippen LogP contribution in [0.1, 0.15) is 33.1 Å². The molecule has 3 unspecified atom stereocenters. The fourth-order valence-corrected chi connectivity index (χ4v) is 3.60. The minimum atomic E-state index is 0.204. The molecule has 0 spiro atoms. The summed E-state index contributed by atoms with van der Waals surface area (Å²) in [6.07, 6.45) is 3.31. The number of amides is 1. The van der Waals surface area contributed by atoms with Crippen LogP contribution in [0.2, 0.25) is 0 Å². The Hall–Kier alpha value is -0.610. The number of nitrogens with zero attached hydrogens (tertiary/aromatic N) is 2. The maximum Gasteiger partial charge on any atom is 0.226 e. The van der Waals surface area contributed by atoms with E-state index in [1.165, 1.54) is 0 Å². The molecule has 110 valence electrons. The highest BCUT2D eigenvalue weighted by atomic mass is 16.2. The second kappa shape index (κ2) is 6.71. The van der Waals surface area contributed by atoms with Gasteiger partial charge in [-0.3, -0.25) is 4.79 Å². The summed E-state index contributed by atoms with van der Waals surface area (Å²) in [5.41, 5.74) is 0. The van der Waals surface area contributed by atoms with E-state index in [1.807, 2.05) is 7.05 Å². The van der Waals surface area contributed by atoms with E-state index < -0.39 is 0 Å². The molecule has 2 rings (SSSR count). The normalized spacial score (nSPS) is 33.1. The molecule has 2 fully saturated rings. The Bertz CT molecular complexity index is 302. The van der Waals surface area contributed by atoms with Crippen LogP contribution in [0, 0.1) is 11.8 Å². The SMILES string of the molecule is CCN1CCC(N(C)C(=O)C2CCCNC2)C(C)C1. The lowest BCUT2D eigenvalue weighted by atomic mass is 9.90. The van der Waals surface area contributed by atoms with Gasteiger partial charge in [-0.15, -0.1) is 0 Å². The van der Waals surface area contributed by atoms with Crippen molar-refractivity contribution in [2.75, 3.05) is 39.8 Å². The summed E-state index contributed by atoms with van der Waals surface area (Å²) in [7, 11) is 2.01. The van der Waals surface area contributed by atoms with Gasteiger partial charge in [0.15, 0.2) is 0 Å². The summed E-state index contributed by atoms with van der Waals surface area (Å²) < 4.78 is 0. The van der Waals surface area contributed by atoms with Crippen LogP contribution in [-0.4, -0.2) is 61.5 Å². The van der Waals surface area contributed by atoms with Crippen molar-refractivity contribution < 1.29 is 4.79 Å². The molecule has 1 amide bonds. The number of nitrogens with one attached hydrogen (secondary N) is 1. The molecule has 2 saturated heterocycles. The first-order valence-electron chi connectivity index (χ1n) is 7.83. The molecule has 0 aliphatic carbocycles. The highest BCUT2D eigenvalue weighted by Crippen LogP contribution is 2.23. The lowest BCUT2D eigenvalue weighted by Gasteiger charge is -2.42. The smallest absolute Gasteiger partial charge is 0.226 e. The molecule has 0 aromatic heterocycles. The average molecular weight is 267 g/mol.